The van der Waals surface area contributed by atoms with Gasteiger partial charge in [-0.25, -0.2) is 4.98 Å². The monoisotopic (exact) mass is 702 g/mol. The SMILES string of the molecule is CCC(C)(C)C(=O)/C=C(\O)C(C)(C)CC.Cc1[c-]c(-c2ncnc3c2cc(C)c2ccccc23)cc(C)c1.[Ir]. The number of allylic oxidation sites excluding steroid dienone is 2. The van der Waals surface area contributed by atoms with Crippen LogP contribution in [0.3, 0.4) is 0 Å². The molecule has 1 aromatic heterocycles. The van der Waals surface area contributed by atoms with Crippen LogP contribution in [-0.4, -0.2) is 20.9 Å². The minimum absolute atomic E-state index is 0. The van der Waals surface area contributed by atoms with Crippen LogP contribution in [0.1, 0.15) is 71.1 Å². The standard InChI is InChI=1S/C21H17N2.C13H24O2.Ir/c1-13-8-14(2)10-16(9-13)20-19-11-15(3)17-6-4-5-7-18(17)21(19)23-12-22-20;1-7-12(3,4)10(14)9-11(15)13(5,6)8-2;/h4-9,11-12H,1-3H3;9,14H,7-8H2,1-6H3;/q-1;;/b;10-9-;. The predicted molar refractivity (Wildman–Crippen MR) is 159 cm³/mol. The molecule has 0 aliphatic carbocycles. The first-order valence-corrected chi connectivity index (χ1v) is 13.4. The van der Waals surface area contributed by atoms with E-state index in [2.05, 4.69) is 79.3 Å². The van der Waals surface area contributed by atoms with E-state index in [9.17, 15) is 9.90 Å². The quantitative estimate of drug-likeness (QED) is 0.0944. The van der Waals surface area contributed by atoms with Gasteiger partial charge in [-0.1, -0.05) is 85.7 Å². The minimum atomic E-state index is -0.377. The molecular formula is C34H41IrN2O2-. The maximum atomic E-state index is 11.8. The molecule has 39 heavy (non-hydrogen) atoms. The van der Waals surface area contributed by atoms with Gasteiger partial charge >= 0.3 is 0 Å². The number of ketones is 1. The van der Waals surface area contributed by atoms with Gasteiger partial charge in [0.2, 0.25) is 0 Å². The molecule has 1 N–H and O–H groups in total. The van der Waals surface area contributed by atoms with E-state index in [1.54, 1.807) is 6.33 Å². The summed E-state index contributed by atoms with van der Waals surface area (Å²) in [6.45, 7) is 18.0. The molecule has 0 bridgehead atoms. The van der Waals surface area contributed by atoms with Gasteiger partial charge in [0.25, 0.3) is 0 Å². The van der Waals surface area contributed by atoms with Crippen LogP contribution < -0.4 is 0 Å². The van der Waals surface area contributed by atoms with Crippen molar-refractivity contribution in [1.82, 2.24) is 9.97 Å². The normalized spacial score (nSPS) is 12.1. The van der Waals surface area contributed by atoms with Gasteiger partial charge in [-0.2, -0.15) is 0 Å². The Morgan fingerprint density at radius 1 is 0.897 bits per heavy atom. The van der Waals surface area contributed by atoms with E-state index in [0.717, 1.165) is 40.6 Å². The summed E-state index contributed by atoms with van der Waals surface area (Å²) >= 11 is 0. The van der Waals surface area contributed by atoms with Gasteiger partial charge in [0.1, 0.15) is 12.1 Å². The Morgan fingerprint density at radius 3 is 2.10 bits per heavy atom. The van der Waals surface area contributed by atoms with Gasteiger partial charge in [-0.3, -0.25) is 9.78 Å². The molecular weight excluding hydrogens is 661 g/mol. The number of benzene rings is 3. The molecule has 4 aromatic rings. The van der Waals surface area contributed by atoms with Gasteiger partial charge in [0.05, 0.1) is 5.52 Å². The maximum absolute atomic E-state index is 11.8. The zero-order valence-corrected chi connectivity index (χ0v) is 27.1. The maximum Gasteiger partial charge on any atom is 0.164 e. The van der Waals surface area contributed by atoms with E-state index in [1.807, 2.05) is 41.5 Å². The van der Waals surface area contributed by atoms with E-state index < -0.39 is 0 Å². The third kappa shape index (κ3) is 7.41. The first kappa shape index (κ1) is 32.3. The van der Waals surface area contributed by atoms with Crippen molar-refractivity contribution in [2.75, 3.05) is 0 Å². The number of fused-ring (bicyclic) bond motifs is 3. The molecule has 0 amide bonds. The smallest absolute Gasteiger partial charge is 0.164 e. The number of hydrogen-bond donors (Lipinski definition) is 1. The summed E-state index contributed by atoms with van der Waals surface area (Å²) in [7, 11) is 0. The molecule has 209 valence electrons. The van der Waals surface area contributed by atoms with Crippen LogP contribution in [0.4, 0.5) is 0 Å². The second-order valence-electron chi connectivity index (χ2n) is 11.5. The molecule has 1 radical (unpaired) electrons. The number of aliphatic hydroxyl groups is 1. The topological polar surface area (TPSA) is 63.1 Å². The fourth-order valence-corrected chi connectivity index (χ4v) is 4.18. The number of hydrogen-bond acceptors (Lipinski definition) is 4. The number of carbonyl (C=O) groups excluding carboxylic acids is 1. The Hall–Kier alpha value is -2.88. The van der Waals surface area contributed by atoms with Crippen LogP contribution in [0.15, 0.2) is 60.6 Å². The molecule has 3 aromatic carbocycles. The molecule has 1 heterocycles. The fraction of sp³-hybridized carbons (Fsp3) is 0.382. The molecule has 0 atom stereocenters. The van der Waals surface area contributed by atoms with Crippen LogP contribution in [-0.2, 0) is 24.9 Å². The number of aliphatic hydroxyl groups excluding tert-OH is 1. The molecule has 0 saturated heterocycles. The molecule has 0 aliphatic rings. The summed E-state index contributed by atoms with van der Waals surface area (Å²) in [5.41, 5.74) is 5.90. The molecule has 4 nitrogen and oxygen atoms in total. The number of aromatic nitrogens is 2. The summed E-state index contributed by atoms with van der Waals surface area (Å²) in [6.07, 6.45) is 4.65. The Balaban J connectivity index is 0.000000294. The van der Waals surface area contributed by atoms with Crippen molar-refractivity contribution in [2.24, 2.45) is 10.8 Å². The minimum Gasteiger partial charge on any atom is -0.512 e. The van der Waals surface area contributed by atoms with Gasteiger partial charge in [-0.05, 0) is 41.8 Å². The Morgan fingerprint density at radius 2 is 1.51 bits per heavy atom. The zero-order valence-electron chi connectivity index (χ0n) is 24.7. The largest absolute Gasteiger partial charge is 0.512 e. The van der Waals surface area contributed by atoms with Crippen molar-refractivity contribution in [3.63, 3.8) is 0 Å². The van der Waals surface area contributed by atoms with E-state index in [4.69, 9.17) is 0 Å². The van der Waals surface area contributed by atoms with Crippen LogP contribution >= 0.6 is 0 Å². The third-order valence-electron chi connectivity index (χ3n) is 7.65. The second-order valence-corrected chi connectivity index (χ2v) is 11.5. The Bertz CT molecular complexity index is 1480. The van der Waals surface area contributed by atoms with E-state index >= 15 is 0 Å². The third-order valence-corrected chi connectivity index (χ3v) is 7.65. The molecule has 4 rings (SSSR count). The molecule has 0 spiro atoms. The first-order chi connectivity index (χ1) is 17.8. The van der Waals surface area contributed by atoms with E-state index in [-0.39, 0.29) is 42.5 Å². The number of carbonyl (C=O) groups is 1. The summed E-state index contributed by atoms with van der Waals surface area (Å²) in [5.74, 6) is 0.195. The molecule has 0 fully saturated rings. The van der Waals surface area contributed by atoms with Gasteiger partial charge in [0.15, 0.2) is 5.78 Å². The zero-order chi connectivity index (χ0) is 28.3. The van der Waals surface area contributed by atoms with Crippen molar-refractivity contribution in [3.8, 4) is 11.3 Å². The molecule has 0 aliphatic heterocycles. The fourth-order valence-electron chi connectivity index (χ4n) is 4.18. The number of rotatable bonds is 6. The number of nitrogens with zero attached hydrogens (tertiary/aromatic N) is 2. The van der Waals surface area contributed by atoms with Crippen molar-refractivity contribution < 1.29 is 30.0 Å². The van der Waals surface area contributed by atoms with Crippen molar-refractivity contribution in [3.05, 3.63) is 83.4 Å². The summed E-state index contributed by atoms with van der Waals surface area (Å²) in [6, 6.07) is 18.3. The van der Waals surface area contributed by atoms with Crippen molar-refractivity contribution >= 4 is 27.5 Å². The summed E-state index contributed by atoms with van der Waals surface area (Å²) < 4.78 is 0. The Labute approximate surface area is 247 Å². The van der Waals surface area contributed by atoms with Crippen LogP contribution in [0.25, 0.3) is 32.9 Å². The predicted octanol–water partition coefficient (Wildman–Crippen LogP) is 9.04. The van der Waals surface area contributed by atoms with Crippen LogP contribution in [0.5, 0.6) is 0 Å². The van der Waals surface area contributed by atoms with Gasteiger partial charge in [0, 0.05) is 42.4 Å². The van der Waals surface area contributed by atoms with Crippen molar-refractivity contribution in [1.29, 1.82) is 0 Å². The van der Waals surface area contributed by atoms with Gasteiger partial charge < -0.3 is 5.11 Å². The van der Waals surface area contributed by atoms with E-state index in [0.29, 0.717) is 0 Å². The number of aryl methyl sites for hydroxylation is 3. The summed E-state index contributed by atoms with van der Waals surface area (Å²) in [5, 5.41) is 13.4. The van der Waals surface area contributed by atoms with E-state index in [1.165, 1.54) is 28.0 Å². The summed E-state index contributed by atoms with van der Waals surface area (Å²) in [4.78, 5) is 21.0. The first-order valence-electron chi connectivity index (χ1n) is 13.4. The van der Waals surface area contributed by atoms with Crippen LogP contribution in [0, 0.1) is 37.7 Å². The second kappa shape index (κ2) is 13.0. The molecule has 0 saturated carbocycles. The van der Waals surface area contributed by atoms with Crippen molar-refractivity contribution in [2.45, 2.75) is 75.2 Å². The Kier molecular flexibility index (Phi) is 10.8. The van der Waals surface area contributed by atoms with Gasteiger partial charge in [-0.15, -0.1) is 34.9 Å². The molecule has 0 unspecified atom stereocenters. The molecule has 5 heteroatoms. The van der Waals surface area contributed by atoms with Crippen LogP contribution in [0.2, 0.25) is 0 Å². The average Bonchev–Trinajstić information content (AvgIpc) is 2.88. The average molecular weight is 702 g/mol.